The van der Waals surface area contributed by atoms with Crippen LogP contribution in [0.4, 0.5) is 11.4 Å². The molecule has 8 heteroatoms. The highest BCUT2D eigenvalue weighted by Crippen LogP contribution is 2.59. The Bertz CT molecular complexity index is 1360. The van der Waals surface area contributed by atoms with E-state index in [-0.39, 0.29) is 17.6 Å². The summed E-state index contributed by atoms with van der Waals surface area (Å²) in [6.45, 7) is 6.04. The Balaban J connectivity index is 1.66. The summed E-state index contributed by atoms with van der Waals surface area (Å²) in [5, 5.41) is 6.66. The summed E-state index contributed by atoms with van der Waals surface area (Å²) in [4.78, 5) is 29.1. The molecule has 2 aliphatic rings. The number of hydrazone groups is 1. The van der Waals surface area contributed by atoms with Crippen LogP contribution in [0.15, 0.2) is 88.9 Å². The number of thioether (sulfide) groups is 2. The van der Waals surface area contributed by atoms with E-state index in [2.05, 4.69) is 0 Å². The van der Waals surface area contributed by atoms with E-state index < -0.39 is 10.3 Å². The Morgan fingerprint density at radius 3 is 2.19 bits per heavy atom. The van der Waals surface area contributed by atoms with E-state index in [1.807, 2.05) is 98.8 Å². The van der Waals surface area contributed by atoms with E-state index in [1.165, 1.54) is 23.5 Å². The molecule has 0 aromatic heterocycles. The maximum Gasteiger partial charge on any atom is 0.365 e. The molecule has 182 valence electrons. The van der Waals surface area contributed by atoms with Crippen molar-refractivity contribution in [2.45, 2.75) is 25.1 Å². The van der Waals surface area contributed by atoms with Crippen LogP contribution in [0, 0.1) is 13.8 Å². The molecular weight excluding hydrogens is 490 g/mol. The average Bonchev–Trinajstić information content (AvgIpc) is 3.39. The van der Waals surface area contributed by atoms with Gasteiger partial charge >= 0.3 is 5.97 Å². The topological polar surface area (TPSA) is 62.2 Å². The number of esters is 1. The first-order valence-corrected chi connectivity index (χ1v) is 13.2. The largest absolute Gasteiger partial charge is 0.461 e. The molecule has 1 saturated heterocycles. The highest BCUT2D eigenvalue weighted by atomic mass is 32.2. The molecule has 3 aromatic carbocycles. The number of rotatable bonds is 5. The molecule has 1 atom stereocenters. The van der Waals surface area contributed by atoms with Crippen molar-refractivity contribution in [1.82, 2.24) is 0 Å². The Morgan fingerprint density at radius 1 is 0.917 bits per heavy atom. The lowest BCUT2D eigenvalue weighted by molar-refractivity contribution is -0.134. The Morgan fingerprint density at radius 2 is 1.56 bits per heavy atom. The maximum absolute atomic E-state index is 14.0. The lowest BCUT2D eigenvalue weighted by Crippen LogP contribution is -2.51. The van der Waals surface area contributed by atoms with Crippen molar-refractivity contribution in [2.75, 3.05) is 16.5 Å². The summed E-state index contributed by atoms with van der Waals surface area (Å²) in [5.74, 6) is -0.662. The van der Waals surface area contributed by atoms with Gasteiger partial charge in [0, 0.05) is 5.69 Å². The first-order valence-electron chi connectivity index (χ1n) is 11.6. The average molecular weight is 516 g/mol. The van der Waals surface area contributed by atoms with Gasteiger partial charge in [-0.25, -0.2) is 9.80 Å². The molecule has 1 fully saturated rings. The summed E-state index contributed by atoms with van der Waals surface area (Å²) in [6, 6.07) is 25.4. The van der Waals surface area contributed by atoms with Gasteiger partial charge in [0.2, 0.25) is 9.37 Å². The number of carbonyl (C=O) groups excluding carboxylic acids is 2. The fourth-order valence-electron chi connectivity index (χ4n) is 3.96. The summed E-state index contributed by atoms with van der Waals surface area (Å²) < 4.78 is 4.21. The number of anilines is 2. The van der Waals surface area contributed by atoms with Crippen molar-refractivity contribution in [3.63, 3.8) is 0 Å². The van der Waals surface area contributed by atoms with Gasteiger partial charge in [-0.2, -0.15) is 5.10 Å². The molecule has 2 heterocycles. The second-order valence-corrected chi connectivity index (χ2v) is 11.1. The van der Waals surface area contributed by atoms with Crippen LogP contribution >= 0.6 is 23.5 Å². The van der Waals surface area contributed by atoms with Crippen LogP contribution in [0.3, 0.4) is 0 Å². The number of benzene rings is 3. The minimum atomic E-state index is -1.08. The standard InChI is InChI=1S/C28H25N3O3S2/c1-4-34-27(33)25-29-31(23-16-12-20(3)13-17-23)28(36-25)30(22-8-6-5-7-9-22)26(32)24(35-28)18-21-14-10-19(2)11-15-21/h5-18H,4H2,1-3H3/b24-18+/t28-/m1/s1. The number of hydrogen-bond donors (Lipinski definition) is 0. The van der Waals surface area contributed by atoms with Crippen molar-refractivity contribution in [3.8, 4) is 0 Å². The molecule has 1 spiro atoms. The SMILES string of the molecule is CCOC(=O)C1=NN(c2ccc(C)cc2)[C@@]2(S1)S/C(=C/c1ccc(C)cc1)C(=O)N2c1ccccc1. The zero-order chi connectivity index (χ0) is 25.3. The van der Waals surface area contributed by atoms with Crippen LogP contribution in [-0.4, -0.2) is 27.9 Å². The van der Waals surface area contributed by atoms with E-state index in [1.54, 1.807) is 16.8 Å². The van der Waals surface area contributed by atoms with Gasteiger partial charge in [0.15, 0.2) is 0 Å². The zero-order valence-corrected chi connectivity index (χ0v) is 21.8. The third-order valence-electron chi connectivity index (χ3n) is 5.75. The molecule has 5 rings (SSSR count). The quantitative estimate of drug-likeness (QED) is 0.299. The molecule has 0 unspecified atom stereocenters. The summed E-state index contributed by atoms with van der Waals surface area (Å²) in [5.41, 5.74) is 4.66. The van der Waals surface area contributed by atoms with Gasteiger partial charge in [0.1, 0.15) is 0 Å². The number of para-hydroxylation sites is 1. The summed E-state index contributed by atoms with van der Waals surface area (Å²) in [7, 11) is 0. The van der Waals surface area contributed by atoms with Crippen molar-refractivity contribution in [3.05, 3.63) is 100 Å². The molecule has 3 aromatic rings. The molecule has 6 nitrogen and oxygen atoms in total. The molecule has 0 N–H and O–H groups in total. The number of nitrogens with zero attached hydrogens (tertiary/aromatic N) is 3. The molecule has 2 aliphatic heterocycles. The third kappa shape index (κ3) is 4.42. The van der Waals surface area contributed by atoms with Crippen molar-refractivity contribution >= 4 is 57.9 Å². The second-order valence-electron chi connectivity index (χ2n) is 8.42. The predicted octanol–water partition coefficient (Wildman–Crippen LogP) is 6.17. The fourth-order valence-corrected chi connectivity index (χ4v) is 6.84. The van der Waals surface area contributed by atoms with Crippen LogP contribution in [0.1, 0.15) is 23.6 Å². The summed E-state index contributed by atoms with van der Waals surface area (Å²) in [6.07, 6.45) is 1.90. The van der Waals surface area contributed by atoms with Crippen LogP contribution in [0.5, 0.6) is 0 Å². The minimum Gasteiger partial charge on any atom is -0.461 e. The lowest BCUT2D eigenvalue weighted by Gasteiger charge is -2.38. The number of aryl methyl sites for hydroxylation is 2. The maximum atomic E-state index is 14.0. The molecule has 0 radical (unpaired) electrons. The second kappa shape index (κ2) is 9.87. The van der Waals surface area contributed by atoms with Crippen LogP contribution < -0.4 is 9.91 Å². The minimum absolute atomic E-state index is 0.156. The van der Waals surface area contributed by atoms with Gasteiger partial charge < -0.3 is 4.74 Å². The molecule has 0 aliphatic carbocycles. The molecular formula is C28H25N3O3S2. The van der Waals surface area contributed by atoms with Crippen LogP contribution in [-0.2, 0) is 14.3 Å². The van der Waals surface area contributed by atoms with E-state index in [9.17, 15) is 9.59 Å². The van der Waals surface area contributed by atoms with Gasteiger partial charge in [0.25, 0.3) is 5.91 Å². The Hall–Kier alpha value is -3.49. The smallest absolute Gasteiger partial charge is 0.365 e. The molecule has 1 amide bonds. The molecule has 0 saturated carbocycles. The van der Waals surface area contributed by atoms with Crippen molar-refractivity contribution in [1.29, 1.82) is 0 Å². The lowest BCUT2D eigenvalue weighted by atomic mass is 10.1. The van der Waals surface area contributed by atoms with E-state index >= 15 is 0 Å². The predicted molar refractivity (Wildman–Crippen MR) is 149 cm³/mol. The van der Waals surface area contributed by atoms with E-state index in [4.69, 9.17) is 9.84 Å². The zero-order valence-electron chi connectivity index (χ0n) is 20.2. The highest BCUT2D eigenvalue weighted by Gasteiger charge is 2.60. The van der Waals surface area contributed by atoms with E-state index in [0.29, 0.717) is 10.6 Å². The van der Waals surface area contributed by atoms with Crippen LogP contribution in [0.2, 0.25) is 0 Å². The number of amides is 1. The van der Waals surface area contributed by atoms with Gasteiger partial charge in [-0.3, -0.25) is 9.69 Å². The molecule has 0 bridgehead atoms. The fraction of sp³-hybridized carbons (Fsp3) is 0.179. The van der Waals surface area contributed by atoms with Gasteiger partial charge in [-0.15, -0.1) is 0 Å². The highest BCUT2D eigenvalue weighted by molar-refractivity contribution is 8.29. The van der Waals surface area contributed by atoms with Crippen molar-refractivity contribution < 1.29 is 14.3 Å². The van der Waals surface area contributed by atoms with Gasteiger partial charge in [0.05, 0.1) is 17.2 Å². The first-order chi connectivity index (χ1) is 17.4. The Kier molecular flexibility index (Phi) is 6.64. The summed E-state index contributed by atoms with van der Waals surface area (Å²) >= 11 is 2.61. The third-order valence-corrected chi connectivity index (χ3v) is 8.44. The molecule has 36 heavy (non-hydrogen) atoms. The number of ether oxygens (including phenoxy) is 1. The van der Waals surface area contributed by atoms with E-state index in [0.717, 1.165) is 22.4 Å². The van der Waals surface area contributed by atoms with Crippen molar-refractivity contribution in [2.24, 2.45) is 5.10 Å². The first kappa shape index (κ1) is 24.2. The van der Waals surface area contributed by atoms with Gasteiger partial charge in [-0.05, 0) is 68.4 Å². The number of carbonyl (C=O) groups is 2. The normalized spacial score (nSPS) is 20.4. The monoisotopic (exact) mass is 515 g/mol. The number of hydrogen-bond acceptors (Lipinski definition) is 7. The van der Waals surface area contributed by atoms with Crippen LogP contribution in [0.25, 0.3) is 6.08 Å². The van der Waals surface area contributed by atoms with Gasteiger partial charge in [-0.1, -0.05) is 77.5 Å². The Labute approximate surface area is 219 Å².